The molecular formula is C16H28N4. The zero-order chi connectivity index (χ0) is 15.0. The van der Waals surface area contributed by atoms with Gasteiger partial charge in [0.15, 0.2) is 0 Å². The van der Waals surface area contributed by atoms with Gasteiger partial charge in [0.2, 0.25) is 0 Å². The molecule has 112 valence electrons. The molecule has 1 aromatic rings. The molecule has 0 aliphatic rings. The summed E-state index contributed by atoms with van der Waals surface area (Å²) in [6, 6.07) is 4.84. The monoisotopic (exact) mass is 276 g/mol. The van der Waals surface area contributed by atoms with Crippen LogP contribution in [0.4, 0.5) is 0 Å². The van der Waals surface area contributed by atoms with Gasteiger partial charge in [-0.1, -0.05) is 27.7 Å². The summed E-state index contributed by atoms with van der Waals surface area (Å²) in [5.41, 5.74) is 1.11. The number of hydrogen-bond donors (Lipinski definition) is 0. The minimum absolute atomic E-state index is 0.501. The van der Waals surface area contributed by atoms with E-state index in [9.17, 15) is 0 Å². The summed E-state index contributed by atoms with van der Waals surface area (Å²) in [6.07, 6.45) is 4.90. The van der Waals surface area contributed by atoms with Gasteiger partial charge in [0.05, 0.1) is 17.8 Å². The van der Waals surface area contributed by atoms with E-state index in [1.807, 2.05) is 0 Å². The van der Waals surface area contributed by atoms with Gasteiger partial charge in [0.25, 0.3) is 0 Å². The molecule has 1 aromatic heterocycles. The third kappa shape index (κ3) is 5.34. The van der Waals surface area contributed by atoms with Crippen LogP contribution >= 0.6 is 0 Å². The number of aromatic nitrogens is 2. The summed E-state index contributed by atoms with van der Waals surface area (Å²) in [5.74, 6) is 0.606. The van der Waals surface area contributed by atoms with Crippen LogP contribution in [0.3, 0.4) is 0 Å². The predicted molar refractivity (Wildman–Crippen MR) is 82.2 cm³/mol. The van der Waals surface area contributed by atoms with Crippen molar-refractivity contribution in [3.63, 3.8) is 0 Å². The Bertz CT molecular complexity index is 412. The van der Waals surface area contributed by atoms with Crippen LogP contribution in [-0.4, -0.2) is 27.8 Å². The molecule has 0 saturated carbocycles. The largest absolute Gasteiger partial charge is 0.296 e. The van der Waals surface area contributed by atoms with Crippen LogP contribution in [0.15, 0.2) is 12.3 Å². The summed E-state index contributed by atoms with van der Waals surface area (Å²) in [5, 5.41) is 13.5. The van der Waals surface area contributed by atoms with Crippen LogP contribution < -0.4 is 0 Å². The van der Waals surface area contributed by atoms with E-state index in [4.69, 9.17) is 10.4 Å². The molecule has 0 amide bonds. The summed E-state index contributed by atoms with van der Waals surface area (Å²) in [6.45, 7) is 11.5. The van der Waals surface area contributed by atoms with Crippen molar-refractivity contribution in [3.05, 3.63) is 18.0 Å². The second-order valence-electron chi connectivity index (χ2n) is 5.79. The van der Waals surface area contributed by atoms with Crippen molar-refractivity contribution in [3.8, 4) is 6.07 Å². The highest BCUT2D eigenvalue weighted by Gasteiger charge is 2.12. The molecule has 0 fully saturated rings. The minimum atomic E-state index is 0.501. The number of nitrogens with zero attached hydrogens (tertiary/aromatic N) is 4. The van der Waals surface area contributed by atoms with Gasteiger partial charge in [-0.25, -0.2) is 0 Å². The molecule has 1 rings (SSSR count). The predicted octanol–water partition coefficient (Wildman–Crippen LogP) is 3.62. The highest BCUT2D eigenvalue weighted by Crippen LogP contribution is 2.15. The van der Waals surface area contributed by atoms with Crippen molar-refractivity contribution in [1.29, 1.82) is 5.26 Å². The molecule has 4 heteroatoms. The van der Waals surface area contributed by atoms with Crippen LogP contribution in [0, 0.1) is 17.2 Å². The Labute approximate surface area is 123 Å². The average Bonchev–Trinajstić information content (AvgIpc) is 2.85. The van der Waals surface area contributed by atoms with Crippen LogP contribution in [0.2, 0.25) is 0 Å². The van der Waals surface area contributed by atoms with E-state index < -0.39 is 0 Å². The van der Waals surface area contributed by atoms with Gasteiger partial charge >= 0.3 is 0 Å². The number of rotatable bonds is 9. The first kappa shape index (κ1) is 16.7. The van der Waals surface area contributed by atoms with Crippen molar-refractivity contribution in [2.24, 2.45) is 5.92 Å². The first-order chi connectivity index (χ1) is 9.60. The third-order valence-electron chi connectivity index (χ3n) is 3.53. The SMILES string of the molecule is CCC(CC)n1ccc(CN(CCC#N)CC(C)C)n1. The Hall–Kier alpha value is -1.34. The van der Waals surface area contributed by atoms with Crippen molar-refractivity contribution in [1.82, 2.24) is 14.7 Å². The normalized spacial score (nSPS) is 11.5. The summed E-state index contributed by atoms with van der Waals surface area (Å²) >= 11 is 0. The van der Waals surface area contributed by atoms with Crippen LogP contribution in [-0.2, 0) is 6.54 Å². The van der Waals surface area contributed by atoms with Crippen molar-refractivity contribution < 1.29 is 0 Å². The second kappa shape index (κ2) is 8.76. The van der Waals surface area contributed by atoms with E-state index in [1.54, 1.807) is 0 Å². The first-order valence-corrected chi connectivity index (χ1v) is 7.74. The fourth-order valence-corrected chi connectivity index (χ4v) is 2.52. The summed E-state index contributed by atoms with van der Waals surface area (Å²) in [7, 11) is 0. The molecule has 0 unspecified atom stereocenters. The van der Waals surface area contributed by atoms with Gasteiger partial charge in [0, 0.05) is 32.3 Å². The molecule has 0 atom stereocenters. The third-order valence-corrected chi connectivity index (χ3v) is 3.53. The zero-order valence-electron chi connectivity index (χ0n) is 13.3. The fourth-order valence-electron chi connectivity index (χ4n) is 2.52. The van der Waals surface area contributed by atoms with Gasteiger partial charge in [-0.05, 0) is 24.8 Å². The fraction of sp³-hybridized carbons (Fsp3) is 0.750. The lowest BCUT2D eigenvalue weighted by Gasteiger charge is -2.22. The number of nitriles is 1. The van der Waals surface area contributed by atoms with E-state index in [0.717, 1.165) is 38.2 Å². The average molecular weight is 276 g/mol. The minimum Gasteiger partial charge on any atom is -0.296 e. The smallest absolute Gasteiger partial charge is 0.0764 e. The Morgan fingerprint density at radius 1 is 1.35 bits per heavy atom. The van der Waals surface area contributed by atoms with Gasteiger partial charge in [-0.3, -0.25) is 9.58 Å². The quantitative estimate of drug-likeness (QED) is 0.692. The molecule has 0 aliphatic heterocycles. The zero-order valence-corrected chi connectivity index (χ0v) is 13.3. The highest BCUT2D eigenvalue weighted by molar-refractivity contribution is 5.00. The second-order valence-corrected chi connectivity index (χ2v) is 5.79. The number of hydrogen-bond acceptors (Lipinski definition) is 3. The topological polar surface area (TPSA) is 44.9 Å². The molecule has 0 radical (unpaired) electrons. The maximum Gasteiger partial charge on any atom is 0.0764 e. The lowest BCUT2D eigenvalue weighted by atomic mass is 10.2. The van der Waals surface area contributed by atoms with E-state index >= 15 is 0 Å². The molecule has 1 heterocycles. The van der Waals surface area contributed by atoms with Crippen molar-refractivity contribution >= 4 is 0 Å². The summed E-state index contributed by atoms with van der Waals surface area (Å²) in [4.78, 5) is 2.33. The molecule has 0 bridgehead atoms. The Kier molecular flexibility index (Phi) is 7.32. The van der Waals surface area contributed by atoms with Crippen LogP contribution in [0.1, 0.15) is 58.7 Å². The molecular weight excluding hydrogens is 248 g/mol. The van der Waals surface area contributed by atoms with E-state index in [-0.39, 0.29) is 0 Å². The molecule has 4 nitrogen and oxygen atoms in total. The maximum absolute atomic E-state index is 8.76. The van der Waals surface area contributed by atoms with E-state index in [0.29, 0.717) is 18.4 Å². The molecule has 0 N–H and O–H groups in total. The molecule has 0 saturated heterocycles. The molecule has 0 aliphatic carbocycles. The van der Waals surface area contributed by atoms with Crippen molar-refractivity contribution in [2.75, 3.05) is 13.1 Å². The highest BCUT2D eigenvalue weighted by atomic mass is 15.3. The van der Waals surface area contributed by atoms with Crippen molar-refractivity contribution in [2.45, 2.75) is 59.5 Å². The Balaban J connectivity index is 2.66. The lowest BCUT2D eigenvalue weighted by molar-refractivity contribution is 0.237. The van der Waals surface area contributed by atoms with Gasteiger partial charge < -0.3 is 0 Å². The standard InChI is InChI=1S/C16H28N4/c1-5-16(6-2)20-11-8-15(18-20)13-19(10-7-9-17)12-14(3)4/h8,11,14,16H,5-7,10,12-13H2,1-4H3. The van der Waals surface area contributed by atoms with Crippen LogP contribution in [0.5, 0.6) is 0 Å². The lowest BCUT2D eigenvalue weighted by Crippen LogP contribution is -2.28. The molecule has 20 heavy (non-hydrogen) atoms. The Morgan fingerprint density at radius 2 is 2.05 bits per heavy atom. The van der Waals surface area contributed by atoms with Crippen LogP contribution in [0.25, 0.3) is 0 Å². The van der Waals surface area contributed by atoms with E-state index in [2.05, 4.69) is 55.6 Å². The first-order valence-electron chi connectivity index (χ1n) is 7.74. The van der Waals surface area contributed by atoms with E-state index in [1.165, 1.54) is 0 Å². The maximum atomic E-state index is 8.76. The van der Waals surface area contributed by atoms with Gasteiger partial charge in [-0.2, -0.15) is 10.4 Å². The Morgan fingerprint density at radius 3 is 2.60 bits per heavy atom. The molecule has 0 aromatic carbocycles. The van der Waals surface area contributed by atoms with Gasteiger partial charge in [-0.15, -0.1) is 0 Å². The van der Waals surface area contributed by atoms with Gasteiger partial charge in [0.1, 0.15) is 0 Å². The molecule has 0 spiro atoms. The summed E-state index contributed by atoms with van der Waals surface area (Å²) < 4.78 is 2.09.